The third-order valence-corrected chi connectivity index (χ3v) is 4.34. The van der Waals surface area contributed by atoms with Crippen molar-refractivity contribution < 1.29 is 0 Å². The Balaban J connectivity index is 2.29. The van der Waals surface area contributed by atoms with Crippen molar-refractivity contribution in [2.45, 2.75) is 25.6 Å². The summed E-state index contributed by atoms with van der Waals surface area (Å²) in [6.07, 6.45) is 0. The van der Waals surface area contributed by atoms with Gasteiger partial charge in [-0.1, -0.05) is 6.92 Å². The van der Waals surface area contributed by atoms with Gasteiger partial charge in [0, 0.05) is 43.2 Å². The zero-order valence-corrected chi connectivity index (χ0v) is 12.0. The van der Waals surface area contributed by atoms with Crippen LogP contribution < -0.4 is 10.2 Å². The molecule has 17 heavy (non-hydrogen) atoms. The van der Waals surface area contributed by atoms with E-state index >= 15 is 0 Å². The van der Waals surface area contributed by atoms with Crippen molar-refractivity contribution in [3.05, 3.63) is 11.3 Å². The van der Waals surface area contributed by atoms with Gasteiger partial charge in [0.1, 0.15) is 5.82 Å². The quantitative estimate of drug-likeness (QED) is 0.884. The van der Waals surface area contributed by atoms with Crippen molar-refractivity contribution in [1.82, 2.24) is 15.1 Å². The highest BCUT2D eigenvalue weighted by atomic mass is 32.2. The number of aryl methyl sites for hydroxylation is 2. The molecule has 0 aliphatic carbocycles. The average molecular weight is 254 g/mol. The van der Waals surface area contributed by atoms with Gasteiger partial charge in [0.2, 0.25) is 0 Å². The van der Waals surface area contributed by atoms with E-state index in [0.717, 1.165) is 25.3 Å². The lowest BCUT2D eigenvalue weighted by atomic mass is 10.2. The van der Waals surface area contributed by atoms with Gasteiger partial charge in [-0.3, -0.25) is 4.68 Å². The number of hydrogen-bond donors (Lipinski definition) is 1. The second-order valence-corrected chi connectivity index (χ2v) is 6.22. The Bertz CT molecular complexity index is 388. The molecule has 5 heteroatoms. The van der Waals surface area contributed by atoms with Crippen LogP contribution in [0.25, 0.3) is 0 Å². The topological polar surface area (TPSA) is 33.1 Å². The number of hydrogen-bond acceptors (Lipinski definition) is 4. The second-order valence-electron chi connectivity index (χ2n) is 4.67. The van der Waals surface area contributed by atoms with Gasteiger partial charge < -0.3 is 10.2 Å². The summed E-state index contributed by atoms with van der Waals surface area (Å²) in [6, 6.07) is 0. The first-order valence-corrected chi connectivity index (χ1v) is 7.22. The molecule has 1 atom stereocenters. The normalized spacial score (nSPS) is 20.9. The molecular formula is C12H22N4S. The number of nitrogens with zero attached hydrogens (tertiary/aromatic N) is 3. The van der Waals surface area contributed by atoms with Crippen LogP contribution in [0.3, 0.4) is 0 Å². The van der Waals surface area contributed by atoms with Gasteiger partial charge in [0.15, 0.2) is 0 Å². The number of thioether (sulfide) groups is 1. The maximum Gasteiger partial charge on any atom is 0.131 e. The maximum absolute atomic E-state index is 4.56. The highest BCUT2D eigenvalue weighted by Gasteiger charge is 2.23. The molecule has 0 saturated carbocycles. The molecule has 1 unspecified atom stereocenters. The fraction of sp³-hybridized carbons (Fsp3) is 0.750. The van der Waals surface area contributed by atoms with E-state index in [1.54, 1.807) is 0 Å². The number of rotatable bonds is 3. The second kappa shape index (κ2) is 5.31. The lowest BCUT2D eigenvalue weighted by Gasteiger charge is -2.33. The molecule has 1 aliphatic rings. The standard InChI is InChI=1S/C12H22N4S/c1-9-8-16(5-6-17-9)12-11(7-13-3)10(2)14-15(12)4/h9,13H,5-8H2,1-4H3. The summed E-state index contributed by atoms with van der Waals surface area (Å²) in [5.41, 5.74) is 2.48. The maximum atomic E-state index is 4.56. The van der Waals surface area contributed by atoms with E-state index in [1.165, 1.54) is 17.1 Å². The van der Waals surface area contributed by atoms with Crippen molar-refractivity contribution in [2.75, 3.05) is 30.8 Å². The molecule has 2 heterocycles. The first-order chi connectivity index (χ1) is 8.13. The minimum Gasteiger partial charge on any atom is -0.355 e. The Kier molecular flexibility index (Phi) is 3.99. The number of nitrogens with one attached hydrogen (secondary N) is 1. The molecule has 1 saturated heterocycles. The van der Waals surface area contributed by atoms with Crippen LogP contribution in [0.2, 0.25) is 0 Å². The first kappa shape index (κ1) is 12.8. The summed E-state index contributed by atoms with van der Waals surface area (Å²) in [6.45, 7) is 7.55. The Morgan fingerprint density at radius 1 is 1.53 bits per heavy atom. The summed E-state index contributed by atoms with van der Waals surface area (Å²) in [5.74, 6) is 2.51. The van der Waals surface area contributed by atoms with Crippen LogP contribution in [0.4, 0.5) is 5.82 Å². The molecule has 0 spiro atoms. The van der Waals surface area contributed by atoms with Crippen LogP contribution in [0.5, 0.6) is 0 Å². The first-order valence-electron chi connectivity index (χ1n) is 6.17. The molecule has 0 amide bonds. The molecule has 1 N–H and O–H groups in total. The van der Waals surface area contributed by atoms with E-state index in [-0.39, 0.29) is 0 Å². The Morgan fingerprint density at radius 2 is 2.29 bits per heavy atom. The van der Waals surface area contributed by atoms with Crippen LogP contribution in [0, 0.1) is 6.92 Å². The van der Waals surface area contributed by atoms with E-state index in [2.05, 4.69) is 40.9 Å². The molecule has 96 valence electrons. The molecule has 0 bridgehead atoms. The van der Waals surface area contributed by atoms with Crippen molar-refractivity contribution in [2.24, 2.45) is 7.05 Å². The minimum absolute atomic E-state index is 0.710. The smallest absolute Gasteiger partial charge is 0.131 e. The lowest BCUT2D eigenvalue weighted by molar-refractivity contribution is 0.690. The van der Waals surface area contributed by atoms with Gasteiger partial charge in [-0.25, -0.2) is 0 Å². The van der Waals surface area contributed by atoms with Crippen LogP contribution in [-0.2, 0) is 13.6 Å². The van der Waals surface area contributed by atoms with Gasteiger partial charge >= 0.3 is 0 Å². The van der Waals surface area contributed by atoms with Crippen molar-refractivity contribution in [3.8, 4) is 0 Å². The van der Waals surface area contributed by atoms with E-state index < -0.39 is 0 Å². The predicted octanol–water partition coefficient (Wildman–Crippen LogP) is 1.39. The van der Waals surface area contributed by atoms with Gasteiger partial charge in [-0.2, -0.15) is 16.9 Å². The summed E-state index contributed by atoms with van der Waals surface area (Å²) >= 11 is 2.06. The summed E-state index contributed by atoms with van der Waals surface area (Å²) in [4.78, 5) is 2.48. The molecular weight excluding hydrogens is 232 g/mol. The molecule has 1 fully saturated rings. The zero-order chi connectivity index (χ0) is 12.4. The van der Waals surface area contributed by atoms with E-state index in [4.69, 9.17) is 0 Å². The van der Waals surface area contributed by atoms with Crippen molar-refractivity contribution >= 4 is 17.6 Å². The summed E-state index contributed by atoms with van der Waals surface area (Å²) in [7, 11) is 4.04. The number of aromatic nitrogens is 2. The average Bonchev–Trinajstić information content (AvgIpc) is 2.54. The minimum atomic E-state index is 0.710. The van der Waals surface area contributed by atoms with Crippen molar-refractivity contribution in [3.63, 3.8) is 0 Å². The fourth-order valence-electron chi connectivity index (χ4n) is 2.48. The van der Waals surface area contributed by atoms with Gasteiger partial charge in [-0.05, 0) is 14.0 Å². The lowest BCUT2D eigenvalue weighted by Crippen LogP contribution is -2.38. The zero-order valence-electron chi connectivity index (χ0n) is 11.2. The summed E-state index contributed by atoms with van der Waals surface area (Å²) in [5, 5.41) is 8.51. The molecule has 1 aromatic heterocycles. The molecule has 2 rings (SSSR count). The Hall–Kier alpha value is -0.680. The molecule has 1 aromatic rings. The number of anilines is 1. The Morgan fingerprint density at radius 3 is 2.94 bits per heavy atom. The monoisotopic (exact) mass is 254 g/mol. The molecule has 0 radical (unpaired) electrons. The van der Waals surface area contributed by atoms with Crippen LogP contribution in [0.1, 0.15) is 18.2 Å². The van der Waals surface area contributed by atoms with Crippen molar-refractivity contribution in [1.29, 1.82) is 0 Å². The SMILES string of the molecule is CNCc1c(C)nn(C)c1N1CCSC(C)C1. The predicted molar refractivity (Wildman–Crippen MR) is 74.8 cm³/mol. The molecule has 4 nitrogen and oxygen atoms in total. The largest absolute Gasteiger partial charge is 0.355 e. The highest BCUT2D eigenvalue weighted by Crippen LogP contribution is 2.28. The van der Waals surface area contributed by atoms with Gasteiger partial charge in [0.05, 0.1) is 5.69 Å². The molecule has 1 aliphatic heterocycles. The van der Waals surface area contributed by atoms with Gasteiger partial charge in [-0.15, -0.1) is 0 Å². The molecule has 0 aromatic carbocycles. The van der Waals surface area contributed by atoms with E-state index in [9.17, 15) is 0 Å². The third kappa shape index (κ3) is 2.60. The van der Waals surface area contributed by atoms with Gasteiger partial charge in [0.25, 0.3) is 0 Å². The van der Waals surface area contributed by atoms with Crippen LogP contribution >= 0.6 is 11.8 Å². The fourth-order valence-corrected chi connectivity index (χ4v) is 3.49. The highest BCUT2D eigenvalue weighted by molar-refractivity contribution is 8.00. The van der Waals surface area contributed by atoms with Crippen LogP contribution in [0.15, 0.2) is 0 Å². The summed E-state index contributed by atoms with van der Waals surface area (Å²) < 4.78 is 2.03. The van der Waals surface area contributed by atoms with E-state index in [1.807, 2.05) is 18.8 Å². The van der Waals surface area contributed by atoms with Crippen LogP contribution in [-0.4, -0.2) is 40.9 Å². The Labute approximate surface area is 108 Å². The van der Waals surface area contributed by atoms with E-state index in [0.29, 0.717) is 5.25 Å². The third-order valence-electron chi connectivity index (χ3n) is 3.21.